The Morgan fingerprint density at radius 3 is 2.73 bits per heavy atom. The Morgan fingerprint density at radius 1 is 1.27 bits per heavy atom. The van der Waals surface area contributed by atoms with E-state index in [2.05, 4.69) is 39.4 Å². The molecule has 1 atom stereocenters. The van der Waals surface area contributed by atoms with Crippen LogP contribution >= 0.6 is 0 Å². The van der Waals surface area contributed by atoms with Gasteiger partial charge in [-0.3, -0.25) is 5.10 Å². The van der Waals surface area contributed by atoms with Gasteiger partial charge in [0.15, 0.2) is 0 Å². The van der Waals surface area contributed by atoms with Crippen LogP contribution in [-0.2, 0) is 0 Å². The van der Waals surface area contributed by atoms with Crippen LogP contribution in [0.25, 0.3) is 11.1 Å². The average Bonchev–Trinajstić information content (AvgIpc) is 3.22. The molecule has 0 amide bonds. The van der Waals surface area contributed by atoms with Crippen molar-refractivity contribution in [2.75, 3.05) is 31.6 Å². The molecular weight excluding hydrogens is 324 g/mol. The highest BCUT2D eigenvalue weighted by Crippen LogP contribution is 2.38. The van der Waals surface area contributed by atoms with Gasteiger partial charge in [-0.1, -0.05) is 42.5 Å². The molecule has 135 valence electrons. The highest BCUT2D eigenvalue weighted by Gasteiger charge is 2.23. The van der Waals surface area contributed by atoms with Crippen molar-refractivity contribution >= 4 is 5.69 Å². The molecular formula is C21H25N4O. The number of aromatic amines is 1. The Bertz CT molecular complexity index is 802. The molecule has 1 radical (unpaired) electrons. The lowest BCUT2D eigenvalue weighted by atomic mass is 9.85. The molecule has 0 aliphatic rings. The van der Waals surface area contributed by atoms with E-state index in [-0.39, 0.29) is 12.5 Å². The number of hydrogen-bond acceptors (Lipinski definition) is 4. The second kappa shape index (κ2) is 8.65. The minimum atomic E-state index is 0.0464. The number of aliphatic hydroxyl groups is 1. The van der Waals surface area contributed by atoms with E-state index < -0.39 is 0 Å². The minimum absolute atomic E-state index is 0.0464. The van der Waals surface area contributed by atoms with Crippen LogP contribution in [0.2, 0.25) is 0 Å². The fourth-order valence-corrected chi connectivity index (χ4v) is 3.34. The van der Waals surface area contributed by atoms with Gasteiger partial charge in [-0.2, -0.15) is 5.10 Å². The molecule has 4 N–H and O–H groups in total. The largest absolute Gasteiger partial charge is 0.396 e. The molecule has 0 fully saturated rings. The second-order valence-corrected chi connectivity index (χ2v) is 6.34. The summed E-state index contributed by atoms with van der Waals surface area (Å²) in [5.41, 5.74) is 11.7. The van der Waals surface area contributed by atoms with E-state index in [9.17, 15) is 5.11 Å². The third-order valence-electron chi connectivity index (χ3n) is 4.64. The topological polar surface area (TPSA) is 78.2 Å². The number of nitrogens with zero attached hydrogens (tertiary/aromatic N) is 2. The van der Waals surface area contributed by atoms with E-state index in [0.717, 1.165) is 28.9 Å². The number of aliphatic hydroxyl groups excluding tert-OH is 1. The van der Waals surface area contributed by atoms with Crippen molar-refractivity contribution in [2.24, 2.45) is 5.73 Å². The zero-order valence-corrected chi connectivity index (χ0v) is 15.0. The smallest absolute Gasteiger partial charge is 0.0565 e. The summed E-state index contributed by atoms with van der Waals surface area (Å²) in [5, 5.41) is 16.2. The van der Waals surface area contributed by atoms with Crippen molar-refractivity contribution in [2.45, 2.75) is 12.3 Å². The highest BCUT2D eigenvalue weighted by molar-refractivity contribution is 5.75. The Hall–Kier alpha value is -2.63. The van der Waals surface area contributed by atoms with E-state index in [1.54, 1.807) is 0 Å². The van der Waals surface area contributed by atoms with Crippen LogP contribution < -0.4 is 10.6 Å². The monoisotopic (exact) mass is 349 g/mol. The summed E-state index contributed by atoms with van der Waals surface area (Å²) in [5.74, 6) is 0.0464. The molecule has 2 aromatic carbocycles. The van der Waals surface area contributed by atoms with E-state index >= 15 is 0 Å². The maximum atomic E-state index is 9.20. The number of aromatic nitrogens is 2. The lowest BCUT2D eigenvalue weighted by Crippen LogP contribution is -2.24. The zero-order valence-electron chi connectivity index (χ0n) is 15.0. The summed E-state index contributed by atoms with van der Waals surface area (Å²) >= 11 is 0. The number of H-pyrrole nitrogens is 1. The Morgan fingerprint density at radius 2 is 2.08 bits per heavy atom. The number of benzene rings is 2. The van der Waals surface area contributed by atoms with Crippen molar-refractivity contribution in [1.82, 2.24) is 10.2 Å². The van der Waals surface area contributed by atoms with Gasteiger partial charge >= 0.3 is 0 Å². The first-order valence-electron chi connectivity index (χ1n) is 8.87. The third kappa shape index (κ3) is 3.79. The maximum Gasteiger partial charge on any atom is 0.0565 e. The first kappa shape index (κ1) is 18.2. The molecule has 0 bridgehead atoms. The van der Waals surface area contributed by atoms with Crippen LogP contribution in [0, 0.1) is 6.07 Å². The number of nitrogens with two attached hydrogens (primary N) is 1. The summed E-state index contributed by atoms with van der Waals surface area (Å²) in [6, 6.07) is 17.7. The number of hydrogen-bond donors (Lipinski definition) is 3. The molecule has 5 nitrogen and oxygen atoms in total. The van der Waals surface area contributed by atoms with Crippen LogP contribution in [0.4, 0.5) is 5.69 Å². The SMILES string of the molecule is CN(CCCO)c1[c]ccc(-c2cn[nH]c2)c1C(CN)c1ccccc1. The highest BCUT2D eigenvalue weighted by atomic mass is 16.3. The van der Waals surface area contributed by atoms with Gasteiger partial charge in [0.1, 0.15) is 0 Å². The minimum Gasteiger partial charge on any atom is -0.396 e. The average molecular weight is 349 g/mol. The van der Waals surface area contributed by atoms with E-state index in [1.165, 1.54) is 5.56 Å². The molecule has 0 aliphatic heterocycles. The molecule has 1 unspecified atom stereocenters. The van der Waals surface area contributed by atoms with Crippen LogP contribution in [-0.4, -0.2) is 42.0 Å². The third-order valence-corrected chi connectivity index (χ3v) is 4.64. The lowest BCUT2D eigenvalue weighted by Gasteiger charge is -2.28. The standard InChI is InChI=1S/C21H25N4O/c1-25(11-6-12-26)20-10-5-9-18(17-14-23-24-15-17)21(20)19(13-22)16-7-3-2-4-8-16/h2-5,7-9,14-15,19,26H,6,11-13,22H2,1H3,(H,23,24). The molecule has 3 aromatic rings. The molecule has 0 spiro atoms. The summed E-state index contributed by atoms with van der Waals surface area (Å²) < 4.78 is 0. The summed E-state index contributed by atoms with van der Waals surface area (Å²) in [6.07, 6.45) is 4.43. The van der Waals surface area contributed by atoms with E-state index in [0.29, 0.717) is 13.0 Å². The van der Waals surface area contributed by atoms with Crippen LogP contribution in [0.5, 0.6) is 0 Å². The molecule has 0 saturated carbocycles. The molecule has 0 saturated heterocycles. The van der Waals surface area contributed by atoms with E-state index in [1.807, 2.05) is 43.7 Å². The lowest BCUT2D eigenvalue weighted by molar-refractivity contribution is 0.290. The fraction of sp³-hybridized carbons (Fsp3) is 0.286. The first-order valence-corrected chi connectivity index (χ1v) is 8.87. The molecule has 1 heterocycles. The van der Waals surface area contributed by atoms with Crippen molar-refractivity contribution < 1.29 is 5.11 Å². The normalized spacial score (nSPS) is 12.1. The summed E-state index contributed by atoms with van der Waals surface area (Å²) in [7, 11) is 2.03. The van der Waals surface area contributed by atoms with Gasteiger partial charge in [0.25, 0.3) is 0 Å². The fourth-order valence-electron chi connectivity index (χ4n) is 3.34. The van der Waals surface area contributed by atoms with Gasteiger partial charge in [-0.25, -0.2) is 0 Å². The van der Waals surface area contributed by atoms with Gasteiger partial charge in [0.05, 0.1) is 6.20 Å². The van der Waals surface area contributed by atoms with Crippen molar-refractivity contribution in [3.8, 4) is 11.1 Å². The maximum absolute atomic E-state index is 9.20. The van der Waals surface area contributed by atoms with Crippen LogP contribution in [0.1, 0.15) is 23.5 Å². The van der Waals surface area contributed by atoms with Crippen molar-refractivity contribution in [1.29, 1.82) is 0 Å². The van der Waals surface area contributed by atoms with Gasteiger partial charge < -0.3 is 15.7 Å². The Balaban J connectivity index is 2.15. The van der Waals surface area contributed by atoms with Gasteiger partial charge in [-0.15, -0.1) is 0 Å². The molecule has 5 heteroatoms. The predicted octanol–water partition coefficient (Wildman–Crippen LogP) is 2.79. The quantitative estimate of drug-likeness (QED) is 0.584. The molecule has 0 aliphatic carbocycles. The number of rotatable bonds is 8. The molecule has 1 aromatic heterocycles. The summed E-state index contributed by atoms with van der Waals surface area (Å²) in [4.78, 5) is 2.14. The zero-order chi connectivity index (χ0) is 18.4. The van der Waals surface area contributed by atoms with Gasteiger partial charge in [-0.05, 0) is 23.1 Å². The Labute approximate surface area is 154 Å². The molecule has 26 heavy (non-hydrogen) atoms. The van der Waals surface area contributed by atoms with Crippen molar-refractivity contribution in [3.05, 3.63) is 72.1 Å². The number of anilines is 1. The van der Waals surface area contributed by atoms with Crippen LogP contribution in [0.3, 0.4) is 0 Å². The summed E-state index contributed by atoms with van der Waals surface area (Å²) in [6.45, 7) is 1.41. The molecule has 3 rings (SSSR count). The predicted molar refractivity (Wildman–Crippen MR) is 105 cm³/mol. The van der Waals surface area contributed by atoms with Crippen LogP contribution in [0.15, 0.2) is 54.9 Å². The Kier molecular flexibility index (Phi) is 6.04. The first-order chi connectivity index (χ1) is 12.8. The van der Waals surface area contributed by atoms with Gasteiger partial charge in [0, 0.05) is 56.2 Å². The second-order valence-electron chi connectivity index (χ2n) is 6.34. The van der Waals surface area contributed by atoms with E-state index in [4.69, 9.17) is 5.73 Å². The van der Waals surface area contributed by atoms with Gasteiger partial charge in [0.2, 0.25) is 0 Å². The number of nitrogens with one attached hydrogen (secondary N) is 1. The van der Waals surface area contributed by atoms with Crippen molar-refractivity contribution in [3.63, 3.8) is 0 Å².